The molecule has 2 amide bonds. The number of morpholine rings is 2. The third kappa shape index (κ3) is 8.09. The van der Waals surface area contributed by atoms with Gasteiger partial charge in [0.25, 0.3) is 0 Å². The number of carbonyl (C=O) groups excluding carboxylic acids is 2. The molecule has 5 aliphatic rings. The average Bonchev–Trinajstić information content (AvgIpc) is 3.99. The summed E-state index contributed by atoms with van der Waals surface area (Å²) in [6.07, 6.45) is 9.81. The smallest absolute Gasteiger partial charge is 0.226 e. The van der Waals surface area contributed by atoms with Crippen LogP contribution in [0.2, 0.25) is 5.15 Å². The highest BCUT2D eigenvalue weighted by Gasteiger charge is 2.36. The summed E-state index contributed by atoms with van der Waals surface area (Å²) in [6.45, 7) is 11.0. The number of anilines is 2. The minimum Gasteiger partial charge on any atom is -0.487 e. The molecule has 60 heavy (non-hydrogen) atoms. The quantitative estimate of drug-likeness (QED) is 0.180. The fourth-order valence-electron chi connectivity index (χ4n) is 9.00. The van der Waals surface area contributed by atoms with Gasteiger partial charge in [-0.1, -0.05) is 11.6 Å². The molecular formula is C43H50ClN9O5S2. The van der Waals surface area contributed by atoms with Crippen molar-refractivity contribution in [3.63, 3.8) is 0 Å². The van der Waals surface area contributed by atoms with Gasteiger partial charge in [-0.15, -0.1) is 22.7 Å². The molecule has 5 atom stereocenters. The van der Waals surface area contributed by atoms with Gasteiger partial charge >= 0.3 is 0 Å². The summed E-state index contributed by atoms with van der Waals surface area (Å²) in [5, 5.41) is 6.10. The van der Waals surface area contributed by atoms with Crippen molar-refractivity contribution >= 4 is 84.2 Å². The molecule has 3 N–H and O–H groups in total. The lowest BCUT2D eigenvalue weighted by Gasteiger charge is -2.36. The number of halogens is 1. The van der Waals surface area contributed by atoms with E-state index < -0.39 is 0 Å². The van der Waals surface area contributed by atoms with Crippen LogP contribution < -0.4 is 15.8 Å². The number of aliphatic imine (C=N–C) groups is 1. The van der Waals surface area contributed by atoms with Crippen molar-refractivity contribution < 1.29 is 23.8 Å². The lowest BCUT2D eigenvalue weighted by Crippen LogP contribution is -2.50. The first kappa shape index (κ1) is 41.1. The molecule has 14 nitrogen and oxygen atoms in total. The second-order valence-electron chi connectivity index (χ2n) is 16.4. The molecule has 1 aromatic carbocycles. The van der Waals surface area contributed by atoms with Crippen LogP contribution in [0.1, 0.15) is 65.6 Å². The predicted molar refractivity (Wildman–Crippen MR) is 235 cm³/mol. The predicted octanol–water partition coefficient (Wildman–Crippen LogP) is 6.14. The highest BCUT2D eigenvalue weighted by molar-refractivity contribution is 7.19. The second-order valence-corrected chi connectivity index (χ2v) is 18.9. The number of nitrogens with one attached hydrogen (secondary N) is 1. The van der Waals surface area contributed by atoms with Gasteiger partial charge < -0.3 is 35.1 Å². The van der Waals surface area contributed by atoms with Gasteiger partial charge in [0.2, 0.25) is 11.8 Å². The van der Waals surface area contributed by atoms with Crippen LogP contribution in [0.3, 0.4) is 0 Å². The molecule has 2 saturated heterocycles. The number of rotatable bonds is 7. The van der Waals surface area contributed by atoms with Crippen LogP contribution in [0, 0.1) is 11.8 Å². The lowest BCUT2D eigenvalue weighted by molar-refractivity contribution is -0.144. The van der Waals surface area contributed by atoms with Crippen molar-refractivity contribution in [3.8, 4) is 5.75 Å². The molecule has 2 fully saturated rings. The molecule has 17 heteroatoms. The fraction of sp³-hybridized carbons (Fsp3) is 0.512. The lowest BCUT2D eigenvalue weighted by atomic mass is 9.86. The van der Waals surface area contributed by atoms with Crippen molar-refractivity contribution in [2.45, 2.75) is 84.0 Å². The summed E-state index contributed by atoms with van der Waals surface area (Å²) in [5.74, 6) is 2.07. The Kier molecular flexibility index (Phi) is 12.0. The van der Waals surface area contributed by atoms with Crippen LogP contribution in [0.4, 0.5) is 11.5 Å². The Hall–Kier alpha value is -4.32. The molecule has 3 aliphatic heterocycles. The van der Waals surface area contributed by atoms with Crippen LogP contribution >= 0.6 is 34.3 Å². The van der Waals surface area contributed by atoms with Gasteiger partial charge in [0.05, 0.1) is 61.5 Å². The van der Waals surface area contributed by atoms with Crippen molar-refractivity contribution in [3.05, 3.63) is 61.9 Å². The summed E-state index contributed by atoms with van der Waals surface area (Å²) in [6, 6.07) is 4.40. The van der Waals surface area contributed by atoms with Crippen LogP contribution in [0.25, 0.3) is 20.4 Å². The third-order valence-corrected chi connectivity index (χ3v) is 14.9. The first-order chi connectivity index (χ1) is 29.2. The number of amides is 2. The second kappa shape index (κ2) is 17.6. The number of ether oxygens (including phenoxy) is 3. The topological polar surface area (TPSA) is 170 Å². The molecule has 4 aromatic heterocycles. The zero-order chi connectivity index (χ0) is 41.5. The Morgan fingerprint density at radius 2 is 1.50 bits per heavy atom. The molecule has 5 aromatic rings. The van der Waals surface area contributed by atoms with Crippen molar-refractivity contribution in [2.75, 3.05) is 51.4 Å². The van der Waals surface area contributed by atoms with E-state index in [1.165, 1.54) is 27.2 Å². The molecule has 0 spiro atoms. The van der Waals surface area contributed by atoms with Gasteiger partial charge in [0.1, 0.15) is 45.1 Å². The number of nitrogens with two attached hydrogens (primary N) is 1. The van der Waals surface area contributed by atoms with Gasteiger partial charge in [-0.25, -0.2) is 19.9 Å². The average molecular weight is 873 g/mol. The van der Waals surface area contributed by atoms with E-state index in [1.54, 1.807) is 29.0 Å². The molecule has 2 aliphatic carbocycles. The Bertz CT molecular complexity index is 2460. The first-order valence-electron chi connectivity index (χ1n) is 20.9. The molecular weight excluding hydrogens is 822 g/mol. The number of nitrogens with zero attached hydrogens (tertiary/aromatic N) is 7. The Morgan fingerprint density at radius 1 is 0.900 bits per heavy atom. The maximum atomic E-state index is 13.3. The molecule has 0 radical (unpaired) electrons. The number of aryl methyl sites for hydroxylation is 2. The largest absolute Gasteiger partial charge is 0.487 e. The molecule has 7 heterocycles. The third-order valence-electron chi connectivity index (χ3n) is 12.3. The van der Waals surface area contributed by atoms with Crippen molar-refractivity contribution in [1.82, 2.24) is 29.7 Å². The minimum absolute atomic E-state index is 0.000711. The van der Waals surface area contributed by atoms with E-state index in [9.17, 15) is 9.59 Å². The van der Waals surface area contributed by atoms with E-state index >= 15 is 0 Å². The van der Waals surface area contributed by atoms with Gasteiger partial charge in [-0.05, 0) is 93.7 Å². The maximum absolute atomic E-state index is 13.3. The normalized spacial score (nSPS) is 22.8. The highest BCUT2D eigenvalue weighted by Crippen LogP contribution is 2.43. The first-order valence-corrected chi connectivity index (χ1v) is 22.9. The number of benzene rings is 1. The van der Waals surface area contributed by atoms with E-state index in [2.05, 4.69) is 50.2 Å². The Labute approximate surface area is 361 Å². The molecule has 316 valence electrons. The monoisotopic (exact) mass is 871 g/mol. The van der Waals surface area contributed by atoms with E-state index in [0.717, 1.165) is 87.3 Å². The number of hydrogen-bond acceptors (Lipinski definition) is 14. The highest BCUT2D eigenvalue weighted by atomic mass is 35.5. The Morgan fingerprint density at radius 3 is 2.12 bits per heavy atom. The maximum Gasteiger partial charge on any atom is 0.226 e. The summed E-state index contributed by atoms with van der Waals surface area (Å²) < 4.78 is 17.1. The van der Waals surface area contributed by atoms with Gasteiger partial charge in [0.15, 0.2) is 0 Å². The standard InChI is InChI=1S/C27H32N6O3S.C16H18ClN3O2S/c1-15-13-35-6-5-33(15)27(34)17-3-4-20-23(9-17)37-26-24(20)25(30-14-31-26)32-21-7-18-11-29-12-19(18)8-22(21)36-16(2)10-28;1-9-7-22-5-4-20(9)16(21)10-2-3-11-12(6-10)23-15-13(11)14(17)18-8-19-15/h7-8,11,14-17H,3-6,9-10,12-13,28H2,1-2H3,(H,30,31,32);8-10H,2-7H2,1H3/t15-,16-,17+;9-,10+/m11/s1. The number of hydrogen-bond donors (Lipinski definition) is 2. The van der Waals surface area contributed by atoms with E-state index in [0.29, 0.717) is 57.8 Å². The Balaban J connectivity index is 0.000000172. The van der Waals surface area contributed by atoms with Crippen LogP contribution in [-0.2, 0) is 51.3 Å². The molecule has 0 saturated carbocycles. The van der Waals surface area contributed by atoms with E-state index in [4.69, 9.17) is 31.5 Å². The van der Waals surface area contributed by atoms with Crippen LogP contribution in [-0.4, -0.2) is 112 Å². The SMILES string of the molecule is C[C@@H]1COCCN1C(=O)[C@H]1CCc2c(sc3ncnc(Cl)c23)C1.C[C@H](CN)Oc1cc2c(cc1Nc1ncnc3sc4c(c13)CC[C@H](C(=O)N1CCOC[C@H]1C)C4)C=NC2. The van der Waals surface area contributed by atoms with Gasteiger partial charge in [-0.2, -0.15) is 0 Å². The van der Waals surface area contributed by atoms with Gasteiger partial charge in [-0.3, -0.25) is 14.6 Å². The van der Waals surface area contributed by atoms with Crippen LogP contribution in [0.5, 0.6) is 5.75 Å². The molecule has 0 bridgehead atoms. The van der Waals surface area contributed by atoms with Gasteiger partial charge in [0, 0.05) is 47.4 Å². The fourth-order valence-corrected chi connectivity index (χ4v) is 11.8. The zero-order valence-electron chi connectivity index (χ0n) is 34.1. The summed E-state index contributed by atoms with van der Waals surface area (Å²) in [4.78, 5) is 56.6. The molecule has 0 unspecified atom stereocenters. The van der Waals surface area contributed by atoms with Crippen molar-refractivity contribution in [1.29, 1.82) is 0 Å². The number of thiophene rings is 2. The van der Waals surface area contributed by atoms with Crippen LogP contribution in [0.15, 0.2) is 29.8 Å². The number of carbonyl (C=O) groups is 2. The number of fused-ring (bicyclic) bond motifs is 7. The zero-order valence-corrected chi connectivity index (χ0v) is 36.5. The van der Waals surface area contributed by atoms with E-state index in [-0.39, 0.29) is 41.8 Å². The summed E-state index contributed by atoms with van der Waals surface area (Å²) >= 11 is 9.57. The summed E-state index contributed by atoms with van der Waals surface area (Å²) in [5.41, 5.74) is 11.4. The van der Waals surface area contributed by atoms with Crippen molar-refractivity contribution in [2.24, 2.45) is 22.6 Å². The minimum atomic E-state index is -0.121. The number of aromatic nitrogens is 4. The molecule has 10 rings (SSSR count). The summed E-state index contributed by atoms with van der Waals surface area (Å²) in [7, 11) is 0. The van der Waals surface area contributed by atoms with E-state index in [1.807, 2.05) is 29.0 Å².